The third-order valence-electron chi connectivity index (χ3n) is 4.20. The molecule has 0 radical (unpaired) electrons. The molecule has 15 heavy (non-hydrogen) atoms. The Hall–Kier alpha value is -0.550. The maximum Gasteiger partial charge on any atom is 0.0837 e. The van der Waals surface area contributed by atoms with Crippen LogP contribution in [0.3, 0.4) is 0 Å². The van der Waals surface area contributed by atoms with E-state index in [0.29, 0.717) is 5.92 Å². The molecule has 2 heteroatoms. The molecule has 1 saturated carbocycles. The van der Waals surface area contributed by atoms with E-state index in [1.54, 1.807) is 0 Å². The quantitative estimate of drug-likeness (QED) is 0.773. The average Bonchev–Trinajstić information content (AvgIpc) is 2.71. The summed E-state index contributed by atoms with van der Waals surface area (Å²) in [7, 11) is 0. The van der Waals surface area contributed by atoms with Crippen molar-refractivity contribution in [3.8, 4) is 6.07 Å². The fourth-order valence-electron chi connectivity index (χ4n) is 2.73. The summed E-state index contributed by atoms with van der Waals surface area (Å²) in [5, 5.41) is 19.6. The van der Waals surface area contributed by atoms with Crippen LogP contribution in [0.2, 0.25) is 0 Å². The molecule has 0 heterocycles. The Labute approximate surface area is 93.3 Å². The predicted octanol–water partition coefficient (Wildman–Crippen LogP) is 3.11. The van der Waals surface area contributed by atoms with Crippen LogP contribution in [-0.4, -0.2) is 11.2 Å². The highest BCUT2D eigenvalue weighted by molar-refractivity contribution is 5.08. The van der Waals surface area contributed by atoms with Gasteiger partial charge in [-0.25, -0.2) is 0 Å². The van der Waals surface area contributed by atoms with Crippen molar-refractivity contribution in [2.24, 2.45) is 17.3 Å². The van der Waals surface area contributed by atoms with Crippen LogP contribution >= 0.6 is 0 Å². The van der Waals surface area contributed by atoms with Gasteiger partial charge in [0.1, 0.15) is 0 Å². The molecule has 0 aromatic rings. The van der Waals surface area contributed by atoms with E-state index in [-0.39, 0.29) is 5.92 Å². The molecule has 0 saturated heterocycles. The van der Waals surface area contributed by atoms with Crippen molar-refractivity contribution in [2.75, 3.05) is 0 Å². The van der Waals surface area contributed by atoms with Crippen LogP contribution in [0.15, 0.2) is 0 Å². The maximum absolute atomic E-state index is 10.3. The topological polar surface area (TPSA) is 44.0 Å². The van der Waals surface area contributed by atoms with E-state index in [9.17, 15) is 10.4 Å². The maximum atomic E-state index is 10.3. The zero-order valence-corrected chi connectivity index (χ0v) is 10.2. The first-order chi connectivity index (χ1) is 7.09. The first-order valence-corrected chi connectivity index (χ1v) is 6.19. The molecule has 4 atom stereocenters. The second-order valence-electron chi connectivity index (χ2n) is 5.12. The molecule has 0 aliphatic heterocycles. The van der Waals surface area contributed by atoms with Crippen molar-refractivity contribution in [1.29, 1.82) is 5.26 Å². The highest BCUT2D eigenvalue weighted by atomic mass is 16.3. The molecule has 1 aliphatic rings. The van der Waals surface area contributed by atoms with E-state index >= 15 is 0 Å². The smallest absolute Gasteiger partial charge is 0.0837 e. The van der Waals surface area contributed by atoms with Crippen LogP contribution in [0.4, 0.5) is 0 Å². The minimum atomic E-state index is -0.448. The molecule has 1 aliphatic carbocycles. The Balaban J connectivity index is 2.75. The molecule has 0 amide bonds. The van der Waals surface area contributed by atoms with Gasteiger partial charge in [-0.1, -0.05) is 33.6 Å². The van der Waals surface area contributed by atoms with Crippen LogP contribution < -0.4 is 0 Å². The third kappa shape index (κ3) is 2.34. The zero-order valence-electron chi connectivity index (χ0n) is 10.2. The van der Waals surface area contributed by atoms with Gasteiger partial charge in [0.15, 0.2) is 0 Å². The first kappa shape index (κ1) is 12.5. The van der Waals surface area contributed by atoms with Gasteiger partial charge in [0, 0.05) is 0 Å². The van der Waals surface area contributed by atoms with Gasteiger partial charge in [0.05, 0.1) is 17.6 Å². The minimum Gasteiger partial charge on any atom is -0.391 e. The van der Waals surface area contributed by atoms with Crippen LogP contribution in [0.25, 0.3) is 0 Å². The number of nitriles is 1. The number of hydrogen-bond acceptors (Lipinski definition) is 2. The van der Waals surface area contributed by atoms with Crippen molar-refractivity contribution in [1.82, 2.24) is 0 Å². The van der Waals surface area contributed by atoms with Gasteiger partial charge in [-0.05, 0) is 31.1 Å². The molecule has 0 aromatic heterocycles. The van der Waals surface area contributed by atoms with Crippen LogP contribution in [-0.2, 0) is 0 Å². The van der Waals surface area contributed by atoms with E-state index in [0.717, 1.165) is 32.1 Å². The SMILES string of the molecule is CCC1CCC(C#N)(C(O)C(C)CC)C1. The Kier molecular flexibility index (Phi) is 4.16. The molecular formula is C13H23NO. The van der Waals surface area contributed by atoms with E-state index in [1.807, 2.05) is 6.92 Å². The molecule has 86 valence electrons. The number of rotatable bonds is 4. The number of nitrogens with zero attached hydrogens (tertiary/aromatic N) is 1. The van der Waals surface area contributed by atoms with Crippen molar-refractivity contribution >= 4 is 0 Å². The highest BCUT2D eigenvalue weighted by Crippen LogP contribution is 2.47. The van der Waals surface area contributed by atoms with E-state index in [2.05, 4.69) is 19.9 Å². The van der Waals surface area contributed by atoms with Crippen LogP contribution in [0.1, 0.15) is 52.9 Å². The second-order valence-corrected chi connectivity index (χ2v) is 5.12. The van der Waals surface area contributed by atoms with Crippen molar-refractivity contribution < 1.29 is 5.11 Å². The van der Waals surface area contributed by atoms with Gasteiger partial charge in [-0.15, -0.1) is 0 Å². The highest BCUT2D eigenvalue weighted by Gasteiger charge is 2.45. The minimum absolute atomic E-state index is 0.236. The van der Waals surface area contributed by atoms with E-state index in [4.69, 9.17) is 0 Å². The molecule has 0 aromatic carbocycles. The lowest BCUT2D eigenvalue weighted by Crippen LogP contribution is -2.36. The summed E-state index contributed by atoms with van der Waals surface area (Å²) in [5.74, 6) is 0.878. The predicted molar refractivity (Wildman–Crippen MR) is 61.1 cm³/mol. The number of aliphatic hydroxyl groups is 1. The van der Waals surface area contributed by atoms with E-state index in [1.165, 1.54) is 0 Å². The van der Waals surface area contributed by atoms with Gasteiger partial charge in [-0.3, -0.25) is 0 Å². The van der Waals surface area contributed by atoms with Gasteiger partial charge >= 0.3 is 0 Å². The average molecular weight is 209 g/mol. The van der Waals surface area contributed by atoms with Crippen molar-refractivity contribution in [3.63, 3.8) is 0 Å². The third-order valence-corrected chi connectivity index (χ3v) is 4.20. The fraction of sp³-hybridized carbons (Fsp3) is 0.923. The second kappa shape index (κ2) is 4.99. The fourth-order valence-corrected chi connectivity index (χ4v) is 2.73. The van der Waals surface area contributed by atoms with Crippen molar-refractivity contribution in [3.05, 3.63) is 0 Å². The Bertz CT molecular complexity index is 245. The largest absolute Gasteiger partial charge is 0.391 e. The number of hydrogen-bond donors (Lipinski definition) is 1. The summed E-state index contributed by atoms with van der Waals surface area (Å²) < 4.78 is 0. The van der Waals surface area contributed by atoms with Gasteiger partial charge < -0.3 is 5.11 Å². The monoisotopic (exact) mass is 209 g/mol. The Morgan fingerprint density at radius 3 is 2.60 bits per heavy atom. The lowest BCUT2D eigenvalue weighted by molar-refractivity contribution is 0.0187. The standard InChI is InChI=1S/C13H23NO/c1-4-10(3)12(15)13(9-14)7-6-11(5-2)8-13/h10-12,15H,4-8H2,1-3H3. The normalized spacial score (nSPS) is 34.7. The lowest BCUT2D eigenvalue weighted by atomic mass is 9.75. The lowest BCUT2D eigenvalue weighted by Gasteiger charge is -2.31. The van der Waals surface area contributed by atoms with Crippen LogP contribution in [0, 0.1) is 28.6 Å². The number of aliphatic hydroxyl groups excluding tert-OH is 1. The summed E-state index contributed by atoms with van der Waals surface area (Å²) in [6.45, 7) is 6.29. The summed E-state index contributed by atoms with van der Waals surface area (Å²) in [6.07, 6.45) is 4.53. The van der Waals surface area contributed by atoms with Gasteiger partial charge in [-0.2, -0.15) is 5.26 Å². The van der Waals surface area contributed by atoms with E-state index < -0.39 is 11.5 Å². The molecule has 2 nitrogen and oxygen atoms in total. The van der Waals surface area contributed by atoms with Crippen LogP contribution in [0.5, 0.6) is 0 Å². The molecule has 0 bridgehead atoms. The summed E-state index contributed by atoms with van der Waals surface area (Å²) in [6, 6.07) is 2.41. The molecule has 1 N–H and O–H groups in total. The molecular weight excluding hydrogens is 186 g/mol. The Morgan fingerprint density at radius 2 is 2.20 bits per heavy atom. The zero-order chi connectivity index (χ0) is 11.5. The van der Waals surface area contributed by atoms with Crippen molar-refractivity contribution in [2.45, 2.75) is 59.0 Å². The Morgan fingerprint density at radius 1 is 1.53 bits per heavy atom. The van der Waals surface area contributed by atoms with Gasteiger partial charge in [0.2, 0.25) is 0 Å². The van der Waals surface area contributed by atoms with Gasteiger partial charge in [0.25, 0.3) is 0 Å². The summed E-state index contributed by atoms with van der Waals surface area (Å²) in [4.78, 5) is 0. The first-order valence-electron chi connectivity index (χ1n) is 6.19. The molecule has 4 unspecified atom stereocenters. The summed E-state index contributed by atoms with van der Waals surface area (Å²) in [5.41, 5.74) is -0.448. The molecule has 0 spiro atoms. The molecule has 1 fully saturated rings. The molecule has 1 rings (SSSR count). The summed E-state index contributed by atoms with van der Waals surface area (Å²) >= 11 is 0.